The molecule has 0 atom stereocenters. The van der Waals surface area contributed by atoms with Gasteiger partial charge in [0.25, 0.3) is 0 Å². The fourth-order valence-corrected chi connectivity index (χ4v) is 3.52. The van der Waals surface area contributed by atoms with Gasteiger partial charge in [-0.25, -0.2) is 4.79 Å². The van der Waals surface area contributed by atoms with Gasteiger partial charge < -0.3 is 10.5 Å². The largest absolute Gasteiger partial charge is 0.465 e. The van der Waals surface area contributed by atoms with Crippen LogP contribution in [-0.4, -0.2) is 19.4 Å². The number of rotatable bonds is 3. The van der Waals surface area contributed by atoms with Gasteiger partial charge in [0.05, 0.1) is 17.7 Å². The number of carbonyl (C=O) groups is 2. The van der Waals surface area contributed by atoms with E-state index in [1.54, 1.807) is 17.5 Å². The first-order chi connectivity index (χ1) is 12.5. The third-order valence-electron chi connectivity index (χ3n) is 3.32. The SMILES string of the molecule is COC(=O)c1c(N)csc1-c1ccc(Br)cc1.O=Cc1ccc(Br)cc1. The second-order valence-corrected chi connectivity index (χ2v) is 7.77. The number of anilines is 1. The second kappa shape index (κ2) is 9.66. The highest BCUT2D eigenvalue weighted by Gasteiger charge is 2.19. The summed E-state index contributed by atoms with van der Waals surface area (Å²) in [4.78, 5) is 22.6. The number of nitrogen functional groups attached to an aromatic ring is 1. The van der Waals surface area contributed by atoms with Crippen molar-refractivity contribution in [3.8, 4) is 10.4 Å². The highest BCUT2D eigenvalue weighted by molar-refractivity contribution is 9.10. The van der Waals surface area contributed by atoms with Crippen molar-refractivity contribution < 1.29 is 14.3 Å². The molecule has 0 saturated carbocycles. The summed E-state index contributed by atoms with van der Waals surface area (Å²) in [6, 6.07) is 14.9. The van der Waals surface area contributed by atoms with Crippen LogP contribution < -0.4 is 5.73 Å². The lowest BCUT2D eigenvalue weighted by molar-refractivity contribution is 0.0603. The van der Waals surface area contributed by atoms with Crippen LogP contribution in [0.3, 0.4) is 0 Å². The van der Waals surface area contributed by atoms with Crippen molar-refractivity contribution in [3.63, 3.8) is 0 Å². The molecule has 7 heteroatoms. The number of hydrogen-bond donors (Lipinski definition) is 1. The van der Waals surface area contributed by atoms with Gasteiger partial charge in [-0.05, 0) is 29.8 Å². The summed E-state index contributed by atoms with van der Waals surface area (Å²) in [5.74, 6) is -0.401. The minimum Gasteiger partial charge on any atom is -0.465 e. The van der Waals surface area contributed by atoms with Crippen molar-refractivity contribution in [2.45, 2.75) is 0 Å². The molecular weight excluding hydrogens is 482 g/mol. The number of esters is 1. The van der Waals surface area contributed by atoms with Crippen molar-refractivity contribution in [2.24, 2.45) is 0 Å². The Balaban J connectivity index is 0.000000228. The maximum atomic E-state index is 11.7. The number of thiophene rings is 1. The van der Waals surface area contributed by atoms with Crippen molar-refractivity contribution in [1.82, 2.24) is 0 Å². The van der Waals surface area contributed by atoms with Gasteiger partial charge in [0.2, 0.25) is 0 Å². The first kappa shape index (κ1) is 20.4. The van der Waals surface area contributed by atoms with Crippen LogP contribution in [0.4, 0.5) is 5.69 Å². The number of hydrogen-bond acceptors (Lipinski definition) is 5. The molecule has 0 unspecified atom stereocenters. The average Bonchev–Trinajstić information content (AvgIpc) is 3.04. The standard InChI is InChI=1S/C12H10BrNO2S.C7H5BrO/c1-16-12(15)10-9(14)6-17-11(10)7-2-4-8(13)5-3-7;8-7-3-1-6(5-9)2-4-7/h2-6H,14H2,1H3;1-5H. The maximum absolute atomic E-state index is 11.7. The molecule has 2 N–H and O–H groups in total. The Kier molecular flexibility index (Phi) is 7.56. The molecule has 0 saturated heterocycles. The molecule has 3 rings (SSSR count). The summed E-state index contributed by atoms with van der Waals surface area (Å²) in [5.41, 5.74) is 8.35. The van der Waals surface area contributed by atoms with E-state index in [1.807, 2.05) is 36.4 Å². The molecular formula is C19H15Br2NO3S. The van der Waals surface area contributed by atoms with Gasteiger partial charge in [-0.1, -0.05) is 56.1 Å². The van der Waals surface area contributed by atoms with Crippen LogP contribution in [0.2, 0.25) is 0 Å². The van der Waals surface area contributed by atoms with Crippen LogP contribution in [-0.2, 0) is 4.74 Å². The molecule has 0 aliphatic carbocycles. The summed E-state index contributed by atoms with van der Waals surface area (Å²) < 4.78 is 6.72. The van der Waals surface area contributed by atoms with E-state index in [9.17, 15) is 9.59 Å². The smallest absolute Gasteiger partial charge is 0.341 e. The zero-order valence-corrected chi connectivity index (χ0v) is 17.7. The van der Waals surface area contributed by atoms with E-state index in [-0.39, 0.29) is 0 Å². The van der Waals surface area contributed by atoms with Gasteiger partial charge in [0, 0.05) is 19.9 Å². The topological polar surface area (TPSA) is 69.4 Å². The predicted molar refractivity (Wildman–Crippen MR) is 113 cm³/mol. The number of methoxy groups -OCH3 is 1. The number of nitrogens with two attached hydrogens (primary N) is 1. The molecule has 2 aromatic carbocycles. The Morgan fingerprint density at radius 1 is 1.04 bits per heavy atom. The van der Waals surface area contributed by atoms with Gasteiger partial charge in [0.1, 0.15) is 11.8 Å². The Morgan fingerprint density at radius 2 is 1.58 bits per heavy atom. The average molecular weight is 497 g/mol. The summed E-state index contributed by atoms with van der Waals surface area (Å²) in [6.07, 6.45) is 0.826. The quantitative estimate of drug-likeness (QED) is 0.367. The number of benzene rings is 2. The minimum absolute atomic E-state index is 0.401. The van der Waals surface area contributed by atoms with E-state index in [0.717, 1.165) is 25.7 Å². The Labute approximate surface area is 172 Å². The molecule has 0 fully saturated rings. The zero-order valence-electron chi connectivity index (χ0n) is 13.7. The lowest BCUT2D eigenvalue weighted by Gasteiger charge is -2.03. The van der Waals surface area contributed by atoms with Crippen molar-refractivity contribution >= 4 is 61.1 Å². The molecule has 0 aliphatic heterocycles. The normalized spacial score (nSPS) is 9.81. The zero-order chi connectivity index (χ0) is 19.1. The van der Waals surface area contributed by atoms with Crippen LogP contribution in [0, 0.1) is 0 Å². The van der Waals surface area contributed by atoms with E-state index in [4.69, 9.17) is 10.5 Å². The molecule has 26 heavy (non-hydrogen) atoms. The molecule has 0 spiro atoms. The Bertz CT molecular complexity index is 890. The van der Waals surface area contributed by atoms with Gasteiger partial charge in [-0.15, -0.1) is 11.3 Å². The van der Waals surface area contributed by atoms with Crippen LogP contribution in [0.1, 0.15) is 20.7 Å². The van der Waals surface area contributed by atoms with Gasteiger partial charge in [-0.2, -0.15) is 0 Å². The predicted octanol–water partition coefficient (Wildman–Crippen LogP) is 5.81. The number of ether oxygens (including phenoxy) is 1. The van der Waals surface area contributed by atoms with Crippen molar-refractivity contribution in [3.05, 3.63) is 74.0 Å². The fourth-order valence-electron chi connectivity index (χ4n) is 2.04. The van der Waals surface area contributed by atoms with Crippen molar-refractivity contribution in [2.75, 3.05) is 12.8 Å². The molecule has 0 aliphatic rings. The first-order valence-electron chi connectivity index (χ1n) is 7.38. The molecule has 1 heterocycles. The van der Waals surface area contributed by atoms with E-state index >= 15 is 0 Å². The lowest BCUT2D eigenvalue weighted by atomic mass is 10.1. The Morgan fingerprint density at radius 3 is 2.08 bits per heavy atom. The molecule has 134 valence electrons. The van der Waals surface area contributed by atoms with Crippen LogP contribution in [0.5, 0.6) is 0 Å². The molecule has 1 aromatic heterocycles. The van der Waals surface area contributed by atoms with E-state index < -0.39 is 5.97 Å². The van der Waals surface area contributed by atoms with Gasteiger partial charge >= 0.3 is 5.97 Å². The summed E-state index contributed by atoms with van der Waals surface area (Å²) in [7, 11) is 1.35. The minimum atomic E-state index is -0.401. The molecule has 4 nitrogen and oxygen atoms in total. The third-order valence-corrected chi connectivity index (χ3v) is 5.43. The van der Waals surface area contributed by atoms with Crippen LogP contribution >= 0.6 is 43.2 Å². The highest BCUT2D eigenvalue weighted by atomic mass is 79.9. The van der Waals surface area contributed by atoms with E-state index in [0.29, 0.717) is 16.8 Å². The highest BCUT2D eigenvalue weighted by Crippen LogP contribution is 2.35. The molecule has 0 amide bonds. The third kappa shape index (κ3) is 5.27. The first-order valence-corrected chi connectivity index (χ1v) is 9.84. The monoisotopic (exact) mass is 495 g/mol. The van der Waals surface area contributed by atoms with E-state index in [2.05, 4.69) is 31.9 Å². The summed E-state index contributed by atoms with van der Waals surface area (Å²) in [6.45, 7) is 0. The van der Waals surface area contributed by atoms with Crippen LogP contribution in [0.15, 0.2) is 62.9 Å². The summed E-state index contributed by atoms with van der Waals surface area (Å²) in [5, 5.41) is 1.75. The number of aldehydes is 1. The van der Waals surface area contributed by atoms with Crippen LogP contribution in [0.25, 0.3) is 10.4 Å². The molecule has 0 radical (unpaired) electrons. The summed E-state index contributed by atoms with van der Waals surface area (Å²) >= 11 is 8.07. The number of halogens is 2. The van der Waals surface area contributed by atoms with Gasteiger partial charge in [0.15, 0.2) is 0 Å². The molecule has 3 aromatic rings. The van der Waals surface area contributed by atoms with Gasteiger partial charge in [-0.3, -0.25) is 4.79 Å². The maximum Gasteiger partial charge on any atom is 0.341 e. The van der Waals surface area contributed by atoms with E-state index in [1.165, 1.54) is 18.4 Å². The molecule has 0 bridgehead atoms. The van der Waals surface area contributed by atoms with Crippen molar-refractivity contribution in [1.29, 1.82) is 0 Å². The fraction of sp³-hybridized carbons (Fsp3) is 0.0526. The number of carbonyl (C=O) groups excluding carboxylic acids is 2. The Hall–Kier alpha value is -1.96. The second-order valence-electron chi connectivity index (χ2n) is 5.06. The lowest BCUT2D eigenvalue weighted by Crippen LogP contribution is -2.04.